The fraction of sp³-hybridized carbons (Fsp3) is 0.825. The van der Waals surface area contributed by atoms with Crippen LogP contribution in [0.15, 0.2) is 61.2 Å². The minimum Gasteiger partial charge on any atom is -1.00 e. The topological polar surface area (TPSA) is 7.76 Å². The molecule has 0 saturated heterocycles. The van der Waals surface area contributed by atoms with Gasteiger partial charge in [-0.3, -0.25) is 0 Å². The molecule has 2 heterocycles. The monoisotopic (exact) mass is 986 g/mol. The molecule has 0 fully saturated rings. The number of pyridine rings is 2. The second-order valence-electron chi connectivity index (χ2n) is 19.6. The molecule has 0 N–H and O–H groups in total. The van der Waals surface area contributed by atoms with Gasteiger partial charge in [0.25, 0.3) is 0 Å². The number of aryl methyl sites for hydroxylation is 2. The summed E-state index contributed by atoms with van der Waals surface area (Å²) in [5.74, 6) is 0. The number of unbranched alkanes of at least 4 members (excludes halogenated alkanes) is 35. The average Bonchev–Trinajstić information content (AvgIpc) is 3.25. The van der Waals surface area contributed by atoms with Gasteiger partial charge in [0.1, 0.15) is 13.1 Å². The lowest BCUT2D eigenvalue weighted by Crippen LogP contribution is -3.00. The van der Waals surface area contributed by atoms with Crippen LogP contribution in [0.25, 0.3) is 0 Å². The van der Waals surface area contributed by atoms with Crippen molar-refractivity contribution < 1.29 is 55.4 Å². The number of hydrogen-bond donors (Lipinski definition) is 0. The molecule has 6 heteroatoms. The van der Waals surface area contributed by atoms with Crippen LogP contribution in [0.5, 0.6) is 0 Å². The van der Waals surface area contributed by atoms with Crippen molar-refractivity contribution >= 4 is 0 Å². The maximum absolute atomic E-state index is 2.29. The van der Waals surface area contributed by atoms with Crippen LogP contribution in [0, 0.1) is 0 Å². The average molecular weight is 988 g/mol. The van der Waals surface area contributed by atoms with Crippen LogP contribution in [0.4, 0.5) is 0 Å². The Morgan fingerprint density at radius 2 is 0.460 bits per heavy atom. The quantitative estimate of drug-likeness (QED) is 0.0359. The van der Waals surface area contributed by atoms with Crippen molar-refractivity contribution in [1.29, 1.82) is 0 Å². The first-order valence-corrected chi connectivity index (χ1v) is 27.1. The van der Waals surface area contributed by atoms with E-state index in [4.69, 9.17) is 0 Å². The van der Waals surface area contributed by atoms with E-state index in [0.717, 1.165) is 4.48 Å². The summed E-state index contributed by atoms with van der Waals surface area (Å²) >= 11 is 0. The van der Waals surface area contributed by atoms with Crippen LogP contribution in [-0.4, -0.2) is 32.2 Å². The standard InChI is InChI=1S/C21H38N.C19H42N.C17H30N.BrH.2ClH/c1-2-3-4-5-6-7-8-9-10-11-12-13-14-16-19-22-20-17-15-18-21-22;1-5-6-7-8-9-10-11-12-13-14-15-16-17-18-19-20(2,3)4;1-2-3-4-5-6-7-8-9-10-12-15-18-16-13-11-14-17-18;;;/h15,17-18,20-21H,2-14,16,19H2,1H3;5-19H2,1-4H3;11,13-14,16-17H,2-10,12,15H2,1H3;3*1H/q3*+1;;;/p-3. The Labute approximate surface area is 419 Å². The molecule has 0 saturated carbocycles. The normalized spacial score (nSPS) is 10.7. The van der Waals surface area contributed by atoms with E-state index in [1.165, 1.54) is 264 Å². The highest BCUT2D eigenvalue weighted by molar-refractivity contribution is 4.84. The van der Waals surface area contributed by atoms with Crippen LogP contribution >= 0.6 is 0 Å². The van der Waals surface area contributed by atoms with Crippen molar-refractivity contribution in [1.82, 2.24) is 0 Å². The van der Waals surface area contributed by atoms with E-state index in [9.17, 15) is 0 Å². The number of rotatable bonds is 41. The zero-order chi connectivity index (χ0) is 43.7. The molecular formula is C57H110BrCl2N3. The zero-order valence-electron chi connectivity index (χ0n) is 43.2. The van der Waals surface area contributed by atoms with Gasteiger partial charge in [-0.05, 0) is 25.7 Å². The summed E-state index contributed by atoms with van der Waals surface area (Å²) in [4.78, 5) is 0. The predicted octanol–water partition coefficient (Wildman–Crippen LogP) is 8.54. The van der Waals surface area contributed by atoms with Crippen LogP contribution in [-0.2, 0) is 13.1 Å². The molecule has 0 unspecified atom stereocenters. The summed E-state index contributed by atoms with van der Waals surface area (Å²) in [7, 11) is 6.88. The van der Waals surface area contributed by atoms with Gasteiger partial charge in [0.2, 0.25) is 0 Å². The van der Waals surface area contributed by atoms with E-state index >= 15 is 0 Å². The molecule has 2 aromatic rings. The van der Waals surface area contributed by atoms with Crippen molar-refractivity contribution in [3.05, 3.63) is 61.2 Å². The van der Waals surface area contributed by atoms with Gasteiger partial charge in [0.05, 0.1) is 27.7 Å². The van der Waals surface area contributed by atoms with Gasteiger partial charge in [-0.2, -0.15) is 0 Å². The first-order chi connectivity index (χ1) is 29.4. The summed E-state index contributed by atoms with van der Waals surface area (Å²) in [6.45, 7) is 10.6. The van der Waals surface area contributed by atoms with E-state index < -0.39 is 0 Å². The third-order valence-electron chi connectivity index (χ3n) is 12.3. The second kappa shape index (κ2) is 57.4. The first kappa shape index (κ1) is 68.9. The van der Waals surface area contributed by atoms with Crippen LogP contribution in [0.3, 0.4) is 0 Å². The fourth-order valence-corrected chi connectivity index (χ4v) is 8.22. The Hall–Kier alpha value is -0.680. The Balaban J connectivity index is -0.000000407. The molecule has 0 atom stereocenters. The zero-order valence-corrected chi connectivity index (χ0v) is 46.3. The molecule has 0 amide bonds. The molecular weight excluding hydrogens is 877 g/mol. The highest BCUT2D eigenvalue weighted by atomic mass is 79.9. The molecule has 0 radical (unpaired) electrons. The third-order valence-corrected chi connectivity index (χ3v) is 12.3. The van der Waals surface area contributed by atoms with Crippen molar-refractivity contribution in [2.45, 2.75) is 278 Å². The third kappa shape index (κ3) is 59.3. The molecule has 0 aromatic carbocycles. The molecule has 3 nitrogen and oxygen atoms in total. The van der Waals surface area contributed by atoms with Crippen LogP contribution < -0.4 is 50.9 Å². The number of aromatic nitrogens is 2. The molecule has 0 aliphatic rings. The van der Waals surface area contributed by atoms with Gasteiger partial charge < -0.3 is 46.3 Å². The van der Waals surface area contributed by atoms with E-state index in [1.807, 2.05) is 0 Å². The Morgan fingerprint density at radius 1 is 0.270 bits per heavy atom. The summed E-state index contributed by atoms with van der Waals surface area (Å²) < 4.78 is 5.70. The number of hydrogen-bond acceptors (Lipinski definition) is 0. The van der Waals surface area contributed by atoms with Crippen molar-refractivity contribution in [2.24, 2.45) is 0 Å². The molecule has 2 aromatic heterocycles. The Kier molecular flexibility index (Phi) is 62.8. The highest BCUT2D eigenvalue weighted by Crippen LogP contribution is 2.15. The molecule has 0 aliphatic heterocycles. The molecule has 0 aliphatic carbocycles. The lowest BCUT2D eigenvalue weighted by molar-refractivity contribution is -0.870. The maximum Gasteiger partial charge on any atom is 0.168 e. The lowest BCUT2D eigenvalue weighted by atomic mass is 10.0. The molecule has 2 rings (SSSR count). The van der Waals surface area contributed by atoms with E-state index in [0.29, 0.717) is 0 Å². The molecule has 0 spiro atoms. The fourth-order valence-electron chi connectivity index (χ4n) is 8.22. The number of nitrogens with zero attached hydrogens (tertiary/aromatic N) is 3. The Morgan fingerprint density at radius 3 is 0.667 bits per heavy atom. The van der Waals surface area contributed by atoms with Crippen LogP contribution in [0.1, 0.15) is 265 Å². The second-order valence-corrected chi connectivity index (χ2v) is 19.6. The van der Waals surface area contributed by atoms with E-state index in [2.05, 4.69) is 112 Å². The van der Waals surface area contributed by atoms with Crippen LogP contribution in [0.2, 0.25) is 0 Å². The van der Waals surface area contributed by atoms with Gasteiger partial charge in [-0.1, -0.05) is 238 Å². The largest absolute Gasteiger partial charge is 1.00 e. The summed E-state index contributed by atoms with van der Waals surface area (Å²) in [6, 6.07) is 12.6. The molecule has 374 valence electrons. The van der Waals surface area contributed by atoms with Crippen molar-refractivity contribution in [2.75, 3.05) is 27.7 Å². The highest BCUT2D eigenvalue weighted by Gasteiger charge is 2.05. The van der Waals surface area contributed by atoms with E-state index in [1.54, 1.807) is 0 Å². The SMILES string of the molecule is CCCCCCCCCCCCCCCC[N+](C)(C)C.CCCCCCCCCCCCCCCC[n+]1ccccc1.CCCCCCCCCCCC[n+]1ccccc1.[Br-].[Cl-].[Cl-]. The van der Waals surface area contributed by atoms with E-state index in [-0.39, 0.29) is 41.8 Å². The summed E-state index contributed by atoms with van der Waals surface area (Å²) in [6.07, 6.45) is 63.3. The lowest BCUT2D eigenvalue weighted by Gasteiger charge is -2.23. The summed E-state index contributed by atoms with van der Waals surface area (Å²) in [5.41, 5.74) is 0. The number of quaternary nitrogens is 1. The van der Waals surface area contributed by atoms with Gasteiger partial charge >= 0.3 is 0 Å². The van der Waals surface area contributed by atoms with Crippen molar-refractivity contribution in [3.63, 3.8) is 0 Å². The maximum atomic E-state index is 2.29. The first-order valence-electron chi connectivity index (χ1n) is 27.1. The summed E-state index contributed by atoms with van der Waals surface area (Å²) in [5, 5.41) is 0. The van der Waals surface area contributed by atoms with Gasteiger partial charge in [-0.25, -0.2) is 9.13 Å². The predicted molar refractivity (Wildman–Crippen MR) is 269 cm³/mol. The number of halogens is 3. The smallest absolute Gasteiger partial charge is 0.168 e. The van der Waals surface area contributed by atoms with Gasteiger partial charge in [0, 0.05) is 37.1 Å². The molecule has 0 bridgehead atoms. The molecule has 63 heavy (non-hydrogen) atoms. The van der Waals surface area contributed by atoms with Gasteiger partial charge in [0.15, 0.2) is 24.8 Å². The van der Waals surface area contributed by atoms with Gasteiger partial charge in [-0.15, -0.1) is 0 Å². The Bertz CT molecular complexity index is 1050. The minimum absolute atomic E-state index is 0. The van der Waals surface area contributed by atoms with Crippen molar-refractivity contribution in [3.8, 4) is 0 Å². The minimum atomic E-state index is 0.